The van der Waals surface area contributed by atoms with Crippen LogP contribution in [-0.2, 0) is 0 Å². The SMILES string of the molecule is CC[C@@H](CNc1nc2ccccc2s1)N(C)C(=O)c1cc(Cl)ccc1-n1nccn1. The summed E-state index contributed by atoms with van der Waals surface area (Å²) in [5.74, 6) is -0.136. The Morgan fingerprint density at radius 3 is 2.73 bits per heavy atom. The van der Waals surface area contributed by atoms with Gasteiger partial charge in [-0.2, -0.15) is 15.0 Å². The number of halogens is 1. The van der Waals surface area contributed by atoms with Gasteiger partial charge in [0.15, 0.2) is 5.13 Å². The molecule has 1 amide bonds. The van der Waals surface area contributed by atoms with Crippen molar-refractivity contribution in [2.75, 3.05) is 18.9 Å². The minimum Gasteiger partial charge on any atom is -0.359 e. The van der Waals surface area contributed by atoms with E-state index in [4.69, 9.17) is 11.6 Å². The highest BCUT2D eigenvalue weighted by molar-refractivity contribution is 7.22. The first-order valence-corrected chi connectivity index (χ1v) is 10.8. The lowest BCUT2D eigenvalue weighted by atomic mass is 10.1. The third kappa shape index (κ3) is 4.15. The van der Waals surface area contributed by atoms with E-state index in [0.29, 0.717) is 22.8 Å². The van der Waals surface area contributed by atoms with Gasteiger partial charge in [0, 0.05) is 24.7 Å². The number of carbonyl (C=O) groups is 1. The summed E-state index contributed by atoms with van der Waals surface area (Å²) in [7, 11) is 1.80. The summed E-state index contributed by atoms with van der Waals surface area (Å²) in [6, 6.07) is 13.1. The van der Waals surface area contributed by atoms with Crippen LogP contribution in [0, 0.1) is 0 Å². The molecule has 1 N–H and O–H groups in total. The van der Waals surface area contributed by atoms with Gasteiger partial charge in [0.2, 0.25) is 0 Å². The number of hydrogen-bond donors (Lipinski definition) is 1. The van der Waals surface area contributed by atoms with Gasteiger partial charge >= 0.3 is 0 Å². The largest absolute Gasteiger partial charge is 0.359 e. The maximum absolute atomic E-state index is 13.3. The normalized spacial score (nSPS) is 12.1. The first-order valence-electron chi connectivity index (χ1n) is 9.59. The molecule has 7 nitrogen and oxygen atoms in total. The molecule has 4 aromatic rings. The van der Waals surface area contributed by atoms with Gasteiger partial charge in [-0.25, -0.2) is 4.98 Å². The lowest BCUT2D eigenvalue weighted by Gasteiger charge is -2.28. The summed E-state index contributed by atoms with van der Waals surface area (Å²) in [4.78, 5) is 21.1. The van der Waals surface area contributed by atoms with Crippen molar-refractivity contribution in [1.82, 2.24) is 24.9 Å². The van der Waals surface area contributed by atoms with E-state index in [9.17, 15) is 4.79 Å². The number of aromatic nitrogens is 4. The first kappa shape index (κ1) is 20.3. The zero-order chi connectivity index (χ0) is 21.1. The Morgan fingerprint density at radius 1 is 1.23 bits per heavy atom. The van der Waals surface area contributed by atoms with Crippen LogP contribution < -0.4 is 5.32 Å². The molecule has 0 spiro atoms. The maximum Gasteiger partial charge on any atom is 0.256 e. The number of hydrogen-bond acceptors (Lipinski definition) is 6. The summed E-state index contributed by atoms with van der Waals surface area (Å²) >= 11 is 7.79. The van der Waals surface area contributed by atoms with Crippen LogP contribution in [0.3, 0.4) is 0 Å². The molecular weight excluding hydrogens is 420 g/mol. The number of fused-ring (bicyclic) bond motifs is 1. The Balaban J connectivity index is 1.52. The Bertz CT molecular complexity index is 1130. The molecular formula is C21H21ClN6OS. The van der Waals surface area contributed by atoms with Gasteiger partial charge in [0.1, 0.15) is 0 Å². The third-order valence-electron chi connectivity index (χ3n) is 4.95. The van der Waals surface area contributed by atoms with Crippen molar-refractivity contribution in [2.24, 2.45) is 0 Å². The molecule has 0 fully saturated rings. The molecule has 0 aliphatic rings. The van der Waals surface area contributed by atoms with Gasteiger partial charge < -0.3 is 10.2 Å². The molecule has 4 rings (SSSR count). The van der Waals surface area contributed by atoms with Crippen molar-refractivity contribution in [3.05, 3.63) is 65.4 Å². The second kappa shape index (κ2) is 8.81. The predicted molar refractivity (Wildman–Crippen MR) is 121 cm³/mol. The van der Waals surface area contributed by atoms with Crippen LogP contribution in [0.5, 0.6) is 0 Å². The monoisotopic (exact) mass is 440 g/mol. The van der Waals surface area contributed by atoms with E-state index in [2.05, 4.69) is 33.5 Å². The molecule has 0 aliphatic heterocycles. The van der Waals surface area contributed by atoms with Gasteiger partial charge in [-0.15, -0.1) is 0 Å². The van der Waals surface area contributed by atoms with Crippen LogP contribution in [-0.4, -0.2) is 50.4 Å². The molecule has 30 heavy (non-hydrogen) atoms. The number of nitrogens with zero attached hydrogens (tertiary/aromatic N) is 5. The van der Waals surface area contributed by atoms with E-state index < -0.39 is 0 Å². The number of para-hydroxylation sites is 1. The second-order valence-corrected chi connectivity index (χ2v) is 8.29. The van der Waals surface area contributed by atoms with Crippen LogP contribution in [0.1, 0.15) is 23.7 Å². The first-order chi connectivity index (χ1) is 14.6. The van der Waals surface area contributed by atoms with Crippen molar-refractivity contribution < 1.29 is 4.79 Å². The van der Waals surface area contributed by atoms with Crippen LogP contribution >= 0.6 is 22.9 Å². The fourth-order valence-electron chi connectivity index (χ4n) is 3.26. The molecule has 0 saturated heterocycles. The standard InChI is InChI=1S/C21H21ClN6OS/c1-3-15(13-23-21-26-17-6-4-5-7-19(17)30-21)27(2)20(29)16-12-14(22)8-9-18(16)28-24-10-11-25-28/h4-12,15H,3,13H2,1-2H3,(H,23,26)/t15-/m0/s1. The predicted octanol–water partition coefficient (Wildman–Crippen LogP) is 4.49. The van der Waals surface area contributed by atoms with E-state index in [0.717, 1.165) is 21.8 Å². The zero-order valence-corrected chi connectivity index (χ0v) is 18.2. The molecule has 1 atom stereocenters. The number of likely N-dealkylation sites (N-methyl/N-ethyl adjacent to an activating group) is 1. The van der Waals surface area contributed by atoms with Crippen molar-refractivity contribution in [3.63, 3.8) is 0 Å². The van der Waals surface area contributed by atoms with E-state index in [1.807, 2.05) is 18.2 Å². The summed E-state index contributed by atoms with van der Waals surface area (Å²) < 4.78 is 1.13. The summed E-state index contributed by atoms with van der Waals surface area (Å²) in [5.41, 5.74) is 2.02. The highest BCUT2D eigenvalue weighted by Crippen LogP contribution is 2.26. The third-order valence-corrected chi connectivity index (χ3v) is 6.17. The van der Waals surface area contributed by atoms with Gasteiger partial charge in [-0.05, 0) is 36.8 Å². The fraction of sp³-hybridized carbons (Fsp3) is 0.238. The highest BCUT2D eigenvalue weighted by atomic mass is 35.5. The second-order valence-electron chi connectivity index (χ2n) is 6.83. The van der Waals surface area contributed by atoms with E-state index in [-0.39, 0.29) is 11.9 Å². The minimum atomic E-state index is -0.136. The van der Waals surface area contributed by atoms with E-state index >= 15 is 0 Å². The van der Waals surface area contributed by atoms with Crippen LogP contribution in [0.2, 0.25) is 5.02 Å². The van der Waals surface area contributed by atoms with Gasteiger partial charge in [-0.1, -0.05) is 42.0 Å². The average molecular weight is 441 g/mol. The number of carbonyl (C=O) groups excluding carboxylic acids is 1. The average Bonchev–Trinajstić information content (AvgIpc) is 3.43. The van der Waals surface area contributed by atoms with Gasteiger partial charge in [-0.3, -0.25) is 4.79 Å². The number of rotatable bonds is 7. The van der Waals surface area contributed by atoms with Gasteiger partial charge in [0.25, 0.3) is 5.91 Å². The molecule has 0 radical (unpaired) electrons. The number of amides is 1. The number of anilines is 1. The quantitative estimate of drug-likeness (QED) is 0.458. The van der Waals surface area contributed by atoms with Crippen LogP contribution in [0.25, 0.3) is 15.9 Å². The molecule has 2 aromatic carbocycles. The summed E-state index contributed by atoms with van der Waals surface area (Å²) in [6.45, 7) is 2.65. The number of benzene rings is 2. The fourth-order valence-corrected chi connectivity index (χ4v) is 4.30. The molecule has 0 unspecified atom stereocenters. The van der Waals surface area contributed by atoms with Crippen LogP contribution in [0.4, 0.5) is 5.13 Å². The van der Waals surface area contributed by atoms with Crippen molar-refractivity contribution in [1.29, 1.82) is 0 Å². The molecule has 2 heterocycles. The Labute approximate surface area is 183 Å². The summed E-state index contributed by atoms with van der Waals surface area (Å²) in [6.07, 6.45) is 3.93. The topological polar surface area (TPSA) is 75.9 Å². The molecule has 154 valence electrons. The molecule has 2 aromatic heterocycles. The lowest BCUT2D eigenvalue weighted by Crippen LogP contribution is -2.41. The summed E-state index contributed by atoms with van der Waals surface area (Å²) in [5, 5.41) is 13.0. The molecule has 0 bridgehead atoms. The zero-order valence-electron chi connectivity index (χ0n) is 16.6. The molecule has 0 aliphatic carbocycles. The Kier molecular flexibility index (Phi) is 5.96. The van der Waals surface area contributed by atoms with E-state index in [1.54, 1.807) is 53.9 Å². The lowest BCUT2D eigenvalue weighted by molar-refractivity contribution is 0.0735. The highest BCUT2D eigenvalue weighted by Gasteiger charge is 2.24. The molecule has 9 heteroatoms. The van der Waals surface area contributed by atoms with Crippen molar-refractivity contribution >= 4 is 44.2 Å². The van der Waals surface area contributed by atoms with E-state index in [1.165, 1.54) is 4.80 Å². The number of nitrogens with one attached hydrogen (secondary N) is 1. The van der Waals surface area contributed by atoms with Crippen molar-refractivity contribution in [3.8, 4) is 5.69 Å². The Hall–Kier alpha value is -2.97. The molecule has 0 saturated carbocycles. The van der Waals surface area contributed by atoms with Crippen molar-refractivity contribution in [2.45, 2.75) is 19.4 Å². The van der Waals surface area contributed by atoms with Crippen LogP contribution in [0.15, 0.2) is 54.9 Å². The smallest absolute Gasteiger partial charge is 0.256 e. The van der Waals surface area contributed by atoms with Gasteiger partial charge in [0.05, 0.1) is 33.9 Å². The Morgan fingerprint density at radius 2 is 2.00 bits per heavy atom. The minimum absolute atomic E-state index is 0.0260. The number of thiazole rings is 1. The maximum atomic E-state index is 13.3.